The van der Waals surface area contributed by atoms with Gasteiger partial charge >= 0.3 is 0 Å². The molecule has 1 aromatic heterocycles. The van der Waals surface area contributed by atoms with Gasteiger partial charge in [-0.25, -0.2) is 0 Å². The van der Waals surface area contributed by atoms with Crippen LogP contribution in [0.5, 0.6) is 0 Å². The molecule has 2 aromatic carbocycles. The molecule has 0 saturated carbocycles. The van der Waals surface area contributed by atoms with E-state index in [1.165, 1.54) is 11.3 Å². The van der Waals surface area contributed by atoms with Crippen molar-refractivity contribution < 1.29 is 0 Å². The maximum Gasteiger partial charge on any atom is 0.0833 e. The lowest BCUT2D eigenvalue weighted by atomic mass is 10.00. The third kappa shape index (κ3) is 3.64. The van der Waals surface area contributed by atoms with Crippen LogP contribution < -0.4 is 10.6 Å². The number of benzene rings is 2. The summed E-state index contributed by atoms with van der Waals surface area (Å²) >= 11 is 12.6. The van der Waals surface area contributed by atoms with Crippen LogP contribution in [0.2, 0.25) is 10.0 Å². The average Bonchev–Trinajstić information content (AvgIpc) is 2.98. The van der Waals surface area contributed by atoms with E-state index in [4.69, 9.17) is 28.9 Å². The van der Waals surface area contributed by atoms with Gasteiger partial charge in [0, 0.05) is 30.9 Å². The van der Waals surface area contributed by atoms with Crippen LogP contribution in [0.25, 0.3) is 22.2 Å². The van der Waals surface area contributed by atoms with E-state index >= 15 is 0 Å². The van der Waals surface area contributed by atoms with Gasteiger partial charge in [-0.3, -0.25) is 0 Å². The van der Waals surface area contributed by atoms with Crippen LogP contribution in [-0.4, -0.2) is 25.6 Å². The molecule has 0 fully saturated rings. The molecule has 0 bridgehead atoms. The first kappa shape index (κ1) is 18.1. The van der Waals surface area contributed by atoms with Crippen LogP contribution in [-0.2, 0) is 6.42 Å². The van der Waals surface area contributed by atoms with Crippen molar-refractivity contribution in [2.24, 2.45) is 5.73 Å². The minimum absolute atomic E-state index is 0.568. The molecule has 1 heterocycles. The van der Waals surface area contributed by atoms with Crippen molar-refractivity contribution in [2.75, 3.05) is 25.5 Å². The summed E-state index contributed by atoms with van der Waals surface area (Å²) in [6.07, 6.45) is 3.01. The SMILES string of the molecule is CN(C)c1ccc(-c2[nH]c3c(Cl)c(Cl)ccc3c2CCCCN)cc1. The van der Waals surface area contributed by atoms with E-state index in [1.54, 1.807) is 0 Å². The number of aryl methyl sites for hydroxylation is 1. The number of unbranched alkanes of at least 4 members (excludes halogenated alkanes) is 1. The van der Waals surface area contributed by atoms with Gasteiger partial charge in [-0.2, -0.15) is 0 Å². The lowest BCUT2D eigenvalue weighted by molar-refractivity contribution is 0.748. The molecular formula is C20H23Cl2N3. The van der Waals surface area contributed by atoms with Crippen molar-refractivity contribution in [2.45, 2.75) is 19.3 Å². The zero-order valence-corrected chi connectivity index (χ0v) is 16.1. The van der Waals surface area contributed by atoms with Crippen LogP contribution in [0.3, 0.4) is 0 Å². The Morgan fingerprint density at radius 3 is 2.36 bits per heavy atom. The second kappa shape index (κ2) is 7.69. The Kier molecular flexibility index (Phi) is 5.57. The molecule has 3 aromatic rings. The molecular weight excluding hydrogens is 353 g/mol. The molecule has 25 heavy (non-hydrogen) atoms. The molecule has 3 N–H and O–H groups in total. The number of nitrogens with zero attached hydrogens (tertiary/aromatic N) is 1. The van der Waals surface area contributed by atoms with Crippen molar-refractivity contribution in [1.29, 1.82) is 0 Å². The standard InChI is InChI=1S/C20H23Cl2N3/c1-25(2)14-8-6-13(7-9-14)19-15(5-3-4-12-23)16-10-11-17(21)18(22)20(16)24-19/h6-11,24H,3-5,12,23H2,1-2H3. The van der Waals surface area contributed by atoms with Crippen LogP contribution >= 0.6 is 23.2 Å². The zero-order chi connectivity index (χ0) is 18.0. The monoisotopic (exact) mass is 375 g/mol. The number of aromatic amines is 1. The summed E-state index contributed by atoms with van der Waals surface area (Å²) in [4.78, 5) is 5.60. The first-order chi connectivity index (χ1) is 12.0. The maximum absolute atomic E-state index is 6.44. The maximum atomic E-state index is 6.44. The Bertz CT molecular complexity index is 867. The Morgan fingerprint density at radius 1 is 1.00 bits per heavy atom. The number of aromatic nitrogens is 1. The summed E-state index contributed by atoms with van der Waals surface area (Å²) in [6, 6.07) is 12.4. The fraction of sp³-hybridized carbons (Fsp3) is 0.300. The van der Waals surface area contributed by atoms with Gasteiger partial charge in [0.25, 0.3) is 0 Å². The molecule has 0 unspecified atom stereocenters. The summed E-state index contributed by atoms with van der Waals surface area (Å²) in [6.45, 7) is 0.710. The largest absolute Gasteiger partial charge is 0.378 e. The summed E-state index contributed by atoms with van der Waals surface area (Å²) in [5, 5.41) is 2.28. The number of rotatable bonds is 6. The summed E-state index contributed by atoms with van der Waals surface area (Å²) in [5.74, 6) is 0. The highest BCUT2D eigenvalue weighted by atomic mass is 35.5. The van der Waals surface area contributed by atoms with Gasteiger partial charge in [0.15, 0.2) is 0 Å². The Balaban J connectivity index is 2.11. The Morgan fingerprint density at radius 2 is 1.72 bits per heavy atom. The number of halogens is 2. The predicted octanol–water partition coefficient (Wildman–Crippen LogP) is 5.49. The van der Waals surface area contributed by atoms with Crippen LogP contribution in [0.1, 0.15) is 18.4 Å². The average molecular weight is 376 g/mol. The lowest BCUT2D eigenvalue weighted by Gasteiger charge is -2.13. The molecule has 0 atom stereocenters. The van der Waals surface area contributed by atoms with Crippen LogP contribution in [0.4, 0.5) is 5.69 Å². The predicted molar refractivity (Wildman–Crippen MR) is 110 cm³/mol. The van der Waals surface area contributed by atoms with E-state index in [1.807, 2.05) is 20.2 Å². The first-order valence-electron chi connectivity index (χ1n) is 8.49. The molecule has 0 aliphatic heterocycles. The molecule has 0 amide bonds. The van der Waals surface area contributed by atoms with Gasteiger partial charge in [-0.15, -0.1) is 0 Å². The van der Waals surface area contributed by atoms with E-state index in [0.29, 0.717) is 16.6 Å². The summed E-state index contributed by atoms with van der Waals surface area (Å²) in [7, 11) is 4.08. The van der Waals surface area contributed by atoms with Gasteiger partial charge in [-0.05, 0) is 55.1 Å². The number of nitrogens with two attached hydrogens (primary N) is 1. The van der Waals surface area contributed by atoms with E-state index < -0.39 is 0 Å². The smallest absolute Gasteiger partial charge is 0.0833 e. The van der Waals surface area contributed by atoms with Gasteiger partial charge in [0.05, 0.1) is 15.6 Å². The molecule has 3 nitrogen and oxygen atoms in total. The second-order valence-corrected chi connectivity index (χ2v) is 7.23. The lowest BCUT2D eigenvalue weighted by Crippen LogP contribution is -2.07. The normalized spacial score (nSPS) is 11.2. The van der Waals surface area contributed by atoms with Gasteiger partial charge in [0.2, 0.25) is 0 Å². The molecule has 0 saturated heterocycles. The number of hydrogen-bond donors (Lipinski definition) is 2. The molecule has 0 spiro atoms. The van der Waals surface area contributed by atoms with Crippen LogP contribution in [0, 0.1) is 0 Å². The van der Waals surface area contributed by atoms with E-state index in [2.05, 4.69) is 40.2 Å². The first-order valence-corrected chi connectivity index (χ1v) is 9.25. The molecule has 0 aliphatic rings. The third-order valence-corrected chi connectivity index (χ3v) is 5.33. The van der Waals surface area contributed by atoms with Crippen molar-refractivity contribution >= 4 is 39.8 Å². The van der Waals surface area contributed by atoms with Gasteiger partial charge < -0.3 is 15.6 Å². The number of H-pyrrole nitrogens is 1. The quantitative estimate of drug-likeness (QED) is 0.559. The molecule has 3 rings (SSSR count). The molecule has 0 aliphatic carbocycles. The highest BCUT2D eigenvalue weighted by molar-refractivity contribution is 6.45. The molecule has 5 heteroatoms. The Hall–Kier alpha value is -1.68. The van der Waals surface area contributed by atoms with E-state index in [0.717, 1.165) is 41.4 Å². The third-order valence-electron chi connectivity index (χ3n) is 4.53. The fourth-order valence-electron chi connectivity index (χ4n) is 3.14. The molecule has 132 valence electrons. The summed E-state index contributed by atoms with van der Waals surface area (Å²) in [5.41, 5.74) is 11.3. The van der Waals surface area contributed by atoms with Crippen molar-refractivity contribution in [3.63, 3.8) is 0 Å². The summed E-state index contributed by atoms with van der Waals surface area (Å²) < 4.78 is 0. The zero-order valence-electron chi connectivity index (χ0n) is 14.6. The second-order valence-electron chi connectivity index (χ2n) is 6.45. The van der Waals surface area contributed by atoms with Gasteiger partial charge in [-0.1, -0.05) is 41.4 Å². The van der Waals surface area contributed by atoms with Crippen LogP contribution in [0.15, 0.2) is 36.4 Å². The number of anilines is 1. The Labute approximate surface area is 158 Å². The minimum atomic E-state index is 0.568. The van der Waals surface area contributed by atoms with Crippen molar-refractivity contribution in [1.82, 2.24) is 4.98 Å². The molecule has 0 radical (unpaired) electrons. The van der Waals surface area contributed by atoms with E-state index in [-0.39, 0.29) is 0 Å². The number of hydrogen-bond acceptors (Lipinski definition) is 2. The van der Waals surface area contributed by atoms with Crippen molar-refractivity contribution in [3.05, 3.63) is 52.0 Å². The van der Waals surface area contributed by atoms with Crippen molar-refractivity contribution in [3.8, 4) is 11.3 Å². The van der Waals surface area contributed by atoms with Gasteiger partial charge in [0.1, 0.15) is 0 Å². The number of fused-ring (bicyclic) bond motifs is 1. The minimum Gasteiger partial charge on any atom is -0.378 e. The fourth-order valence-corrected chi connectivity index (χ4v) is 3.51. The topological polar surface area (TPSA) is 45.0 Å². The highest BCUT2D eigenvalue weighted by Crippen LogP contribution is 2.38. The number of nitrogens with one attached hydrogen (secondary N) is 1. The highest BCUT2D eigenvalue weighted by Gasteiger charge is 2.16. The van der Waals surface area contributed by atoms with E-state index in [9.17, 15) is 0 Å².